The van der Waals surface area contributed by atoms with Crippen LogP contribution in [0.1, 0.15) is 39.0 Å². The van der Waals surface area contributed by atoms with Gasteiger partial charge < -0.3 is 10.3 Å². The summed E-state index contributed by atoms with van der Waals surface area (Å²) in [5, 5.41) is 0.709. The molecule has 1 aliphatic rings. The van der Waals surface area contributed by atoms with Gasteiger partial charge in [0.2, 0.25) is 5.95 Å². The lowest BCUT2D eigenvalue weighted by Gasteiger charge is -2.36. The van der Waals surface area contributed by atoms with Gasteiger partial charge in [-0.3, -0.25) is 0 Å². The molecule has 1 aromatic carbocycles. The molecule has 2 N–H and O–H groups in total. The van der Waals surface area contributed by atoms with E-state index in [2.05, 4.69) is 16.5 Å². The Labute approximate surface area is 112 Å². The van der Waals surface area contributed by atoms with Crippen molar-refractivity contribution in [3.63, 3.8) is 0 Å². The SMILES string of the molecule is CC1(n2c(N)nc3cc(Cl)ccc32)CCCCC1. The zero-order valence-electron chi connectivity index (χ0n) is 10.6. The van der Waals surface area contributed by atoms with Crippen LogP contribution in [0.2, 0.25) is 5.02 Å². The highest BCUT2D eigenvalue weighted by atomic mass is 35.5. The molecule has 1 aliphatic carbocycles. The maximum atomic E-state index is 6.13. The summed E-state index contributed by atoms with van der Waals surface area (Å²) >= 11 is 6.01. The number of imidazole rings is 1. The highest BCUT2D eigenvalue weighted by molar-refractivity contribution is 6.31. The lowest BCUT2D eigenvalue weighted by Crippen LogP contribution is -2.33. The molecule has 1 saturated carbocycles. The van der Waals surface area contributed by atoms with E-state index < -0.39 is 0 Å². The fraction of sp³-hybridized carbons (Fsp3) is 0.500. The number of nitrogens with two attached hydrogens (primary N) is 1. The van der Waals surface area contributed by atoms with Gasteiger partial charge in [0.05, 0.1) is 11.0 Å². The van der Waals surface area contributed by atoms with Crippen molar-refractivity contribution in [3.8, 4) is 0 Å². The minimum Gasteiger partial charge on any atom is -0.369 e. The highest BCUT2D eigenvalue weighted by Crippen LogP contribution is 2.38. The van der Waals surface area contributed by atoms with Crippen molar-refractivity contribution in [2.75, 3.05) is 5.73 Å². The van der Waals surface area contributed by atoms with Crippen molar-refractivity contribution in [3.05, 3.63) is 23.2 Å². The molecule has 2 aromatic rings. The zero-order valence-corrected chi connectivity index (χ0v) is 11.4. The van der Waals surface area contributed by atoms with Crippen molar-refractivity contribution in [2.24, 2.45) is 0 Å². The molecular weight excluding hydrogens is 246 g/mol. The molecule has 0 radical (unpaired) electrons. The van der Waals surface area contributed by atoms with E-state index in [-0.39, 0.29) is 5.54 Å². The summed E-state index contributed by atoms with van der Waals surface area (Å²) in [6.07, 6.45) is 6.21. The van der Waals surface area contributed by atoms with Crippen LogP contribution in [0.3, 0.4) is 0 Å². The number of nitrogens with zero attached hydrogens (tertiary/aromatic N) is 2. The van der Waals surface area contributed by atoms with E-state index in [0.29, 0.717) is 11.0 Å². The molecule has 0 bridgehead atoms. The van der Waals surface area contributed by atoms with Crippen LogP contribution in [-0.4, -0.2) is 9.55 Å². The molecule has 0 spiro atoms. The molecule has 96 valence electrons. The average Bonchev–Trinajstić information content (AvgIpc) is 2.65. The summed E-state index contributed by atoms with van der Waals surface area (Å²) in [7, 11) is 0. The summed E-state index contributed by atoms with van der Waals surface area (Å²) in [4.78, 5) is 4.45. The summed E-state index contributed by atoms with van der Waals surface area (Å²) in [5.74, 6) is 0.608. The largest absolute Gasteiger partial charge is 0.369 e. The summed E-state index contributed by atoms with van der Waals surface area (Å²) in [5.41, 5.74) is 8.22. The zero-order chi connectivity index (χ0) is 12.8. The molecule has 0 amide bonds. The maximum absolute atomic E-state index is 6.13. The first-order valence-corrected chi connectivity index (χ1v) is 6.92. The normalized spacial score (nSPS) is 19.2. The Hall–Kier alpha value is -1.22. The van der Waals surface area contributed by atoms with Gasteiger partial charge >= 0.3 is 0 Å². The minimum atomic E-state index is 0.102. The Balaban J connectivity index is 2.18. The van der Waals surface area contributed by atoms with Gasteiger partial charge in [0.15, 0.2) is 0 Å². The van der Waals surface area contributed by atoms with Crippen LogP contribution in [0.15, 0.2) is 18.2 Å². The van der Waals surface area contributed by atoms with Crippen LogP contribution < -0.4 is 5.73 Å². The molecule has 0 atom stereocenters. The number of aromatic nitrogens is 2. The molecule has 4 heteroatoms. The Morgan fingerprint density at radius 1 is 1.28 bits per heavy atom. The van der Waals surface area contributed by atoms with E-state index in [1.807, 2.05) is 18.2 Å². The number of fused-ring (bicyclic) bond motifs is 1. The van der Waals surface area contributed by atoms with Gasteiger partial charge in [-0.25, -0.2) is 4.98 Å². The predicted octanol–water partition coefficient (Wildman–Crippen LogP) is 3.95. The lowest BCUT2D eigenvalue weighted by molar-refractivity contribution is 0.228. The van der Waals surface area contributed by atoms with Gasteiger partial charge in [-0.1, -0.05) is 30.9 Å². The Morgan fingerprint density at radius 2 is 2.00 bits per heavy atom. The Kier molecular flexibility index (Phi) is 2.74. The Morgan fingerprint density at radius 3 is 2.72 bits per heavy atom. The van der Waals surface area contributed by atoms with E-state index in [9.17, 15) is 0 Å². The fourth-order valence-electron chi connectivity index (χ4n) is 3.18. The summed E-state index contributed by atoms with van der Waals surface area (Å²) in [6, 6.07) is 5.82. The third kappa shape index (κ3) is 1.77. The molecule has 0 aliphatic heterocycles. The number of halogens is 1. The Bertz CT molecular complexity index is 582. The number of hydrogen-bond acceptors (Lipinski definition) is 2. The molecule has 1 heterocycles. The van der Waals surface area contributed by atoms with Crippen LogP contribution in [0.5, 0.6) is 0 Å². The van der Waals surface area contributed by atoms with Crippen LogP contribution >= 0.6 is 11.6 Å². The number of hydrogen-bond donors (Lipinski definition) is 1. The van der Waals surface area contributed by atoms with Crippen molar-refractivity contribution >= 4 is 28.6 Å². The summed E-state index contributed by atoms with van der Waals surface area (Å²) < 4.78 is 2.21. The van der Waals surface area contributed by atoms with Crippen LogP contribution in [0, 0.1) is 0 Å². The second-order valence-corrected chi connectivity index (χ2v) is 5.93. The first-order chi connectivity index (χ1) is 8.60. The first-order valence-electron chi connectivity index (χ1n) is 6.54. The van der Waals surface area contributed by atoms with Crippen molar-refractivity contribution < 1.29 is 0 Å². The molecule has 1 aromatic heterocycles. The van der Waals surface area contributed by atoms with E-state index in [1.54, 1.807) is 0 Å². The quantitative estimate of drug-likeness (QED) is 0.847. The number of anilines is 1. The average molecular weight is 264 g/mol. The van der Waals surface area contributed by atoms with Gasteiger partial charge in [-0.2, -0.15) is 0 Å². The molecule has 1 fully saturated rings. The van der Waals surface area contributed by atoms with Gasteiger partial charge in [0, 0.05) is 10.6 Å². The van der Waals surface area contributed by atoms with Crippen LogP contribution in [-0.2, 0) is 5.54 Å². The lowest BCUT2D eigenvalue weighted by atomic mass is 9.83. The third-order valence-corrected chi connectivity index (χ3v) is 4.35. The third-order valence-electron chi connectivity index (χ3n) is 4.11. The number of nitrogen functional groups attached to an aromatic ring is 1. The van der Waals surface area contributed by atoms with Crippen LogP contribution in [0.25, 0.3) is 11.0 Å². The second kappa shape index (κ2) is 4.16. The molecule has 0 saturated heterocycles. The molecular formula is C14H18ClN3. The molecule has 18 heavy (non-hydrogen) atoms. The standard InChI is InChI=1S/C14H18ClN3/c1-14(7-3-2-4-8-14)18-12-6-5-10(15)9-11(12)17-13(18)16/h5-6,9H,2-4,7-8H2,1H3,(H2,16,17). The molecule has 0 unspecified atom stereocenters. The topological polar surface area (TPSA) is 43.8 Å². The van der Waals surface area contributed by atoms with E-state index in [0.717, 1.165) is 11.0 Å². The molecule has 3 rings (SSSR count). The monoisotopic (exact) mass is 263 g/mol. The number of rotatable bonds is 1. The van der Waals surface area contributed by atoms with E-state index in [4.69, 9.17) is 17.3 Å². The summed E-state index contributed by atoms with van der Waals surface area (Å²) in [6.45, 7) is 2.29. The van der Waals surface area contributed by atoms with Gasteiger partial charge in [0.25, 0.3) is 0 Å². The highest BCUT2D eigenvalue weighted by Gasteiger charge is 2.31. The van der Waals surface area contributed by atoms with E-state index >= 15 is 0 Å². The smallest absolute Gasteiger partial charge is 0.201 e. The maximum Gasteiger partial charge on any atom is 0.201 e. The van der Waals surface area contributed by atoms with Crippen molar-refractivity contribution in [1.29, 1.82) is 0 Å². The number of benzene rings is 1. The van der Waals surface area contributed by atoms with Gasteiger partial charge in [-0.15, -0.1) is 0 Å². The van der Waals surface area contributed by atoms with Crippen LogP contribution in [0.4, 0.5) is 5.95 Å². The van der Waals surface area contributed by atoms with Gasteiger partial charge in [-0.05, 0) is 38.0 Å². The fourth-order valence-corrected chi connectivity index (χ4v) is 3.34. The van der Waals surface area contributed by atoms with Gasteiger partial charge in [0.1, 0.15) is 0 Å². The van der Waals surface area contributed by atoms with Crippen molar-refractivity contribution in [2.45, 2.75) is 44.6 Å². The van der Waals surface area contributed by atoms with Crippen molar-refractivity contribution in [1.82, 2.24) is 9.55 Å². The van der Waals surface area contributed by atoms with E-state index in [1.165, 1.54) is 32.1 Å². The minimum absolute atomic E-state index is 0.102. The first kappa shape index (κ1) is 11.8. The second-order valence-electron chi connectivity index (χ2n) is 5.50. The predicted molar refractivity (Wildman–Crippen MR) is 75.9 cm³/mol. The molecule has 3 nitrogen and oxygen atoms in total.